The molecule has 0 unspecified atom stereocenters. The van der Waals surface area contributed by atoms with Gasteiger partial charge in [0.25, 0.3) is 0 Å². The molecule has 0 radical (unpaired) electrons. The lowest BCUT2D eigenvalue weighted by atomic mass is 10.4. The molecular weight excluding hydrogens is 255 g/mol. The summed E-state index contributed by atoms with van der Waals surface area (Å²) in [6.45, 7) is 0. The van der Waals surface area contributed by atoms with E-state index < -0.39 is 9.05 Å². The van der Waals surface area contributed by atoms with Gasteiger partial charge in [0.2, 0.25) is 9.05 Å². The fourth-order valence-electron chi connectivity index (χ4n) is 0.460. The van der Waals surface area contributed by atoms with Crippen LogP contribution in [0.3, 0.4) is 0 Å². The van der Waals surface area contributed by atoms with Gasteiger partial charge in [0.15, 0.2) is 0 Å². The SMILES string of the molecule is CS(=O)(=O)Cl.Clc1cccc(Cl)c1. The summed E-state index contributed by atoms with van der Waals surface area (Å²) in [6, 6.07) is 7.08. The first-order valence-corrected chi connectivity index (χ1v) is 6.57. The van der Waals surface area contributed by atoms with E-state index in [-0.39, 0.29) is 0 Å². The molecule has 0 amide bonds. The van der Waals surface area contributed by atoms with Crippen LogP contribution in [0, 0.1) is 0 Å². The normalized spacial score (nSPS) is 10.2. The lowest BCUT2D eigenvalue weighted by Crippen LogP contribution is -1.76. The van der Waals surface area contributed by atoms with E-state index in [0.29, 0.717) is 10.0 Å². The van der Waals surface area contributed by atoms with Gasteiger partial charge in [0.05, 0.1) is 6.26 Å². The van der Waals surface area contributed by atoms with Crippen LogP contribution in [-0.4, -0.2) is 14.7 Å². The Bertz CT molecular complexity index is 337. The lowest BCUT2D eigenvalue weighted by molar-refractivity contribution is 0.615. The van der Waals surface area contributed by atoms with Crippen LogP contribution in [0.5, 0.6) is 0 Å². The molecule has 0 N–H and O–H groups in total. The molecule has 0 heterocycles. The Kier molecular flexibility index (Phi) is 5.72. The third-order valence-electron chi connectivity index (χ3n) is 0.787. The van der Waals surface area contributed by atoms with Crippen LogP contribution in [0.4, 0.5) is 0 Å². The zero-order valence-corrected chi connectivity index (χ0v) is 9.75. The van der Waals surface area contributed by atoms with Gasteiger partial charge in [0.1, 0.15) is 0 Å². The van der Waals surface area contributed by atoms with E-state index in [1.54, 1.807) is 18.2 Å². The van der Waals surface area contributed by atoms with E-state index in [4.69, 9.17) is 23.2 Å². The topological polar surface area (TPSA) is 34.1 Å². The molecule has 0 fully saturated rings. The van der Waals surface area contributed by atoms with Gasteiger partial charge in [-0.25, -0.2) is 8.42 Å². The van der Waals surface area contributed by atoms with Crippen molar-refractivity contribution in [3.63, 3.8) is 0 Å². The van der Waals surface area contributed by atoms with Gasteiger partial charge in [0, 0.05) is 20.7 Å². The molecule has 74 valence electrons. The maximum absolute atomic E-state index is 9.40. The van der Waals surface area contributed by atoms with Crippen molar-refractivity contribution in [1.29, 1.82) is 0 Å². The summed E-state index contributed by atoms with van der Waals surface area (Å²) in [5.41, 5.74) is 0. The molecule has 1 rings (SSSR count). The molecule has 0 aliphatic rings. The van der Waals surface area contributed by atoms with Gasteiger partial charge in [-0.3, -0.25) is 0 Å². The Morgan fingerprint density at radius 1 is 1.15 bits per heavy atom. The summed E-state index contributed by atoms with van der Waals surface area (Å²) < 4.78 is 18.8. The van der Waals surface area contributed by atoms with Crippen LogP contribution in [0.2, 0.25) is 10.0 Å². The standard InChI is InChI=1S/C6H4Cl2.CH3ClO2S/c7-5-2-1-3-6(8)4-5;1-5(2,3)4/h1-4H;1H3. The van der Waals surface area contributed by atoms with Crippen molar-refractivity contribution in [2.24, 2.45) is 0 Å². The maximum atomic E-state index is 9.40. The first-order valence-electron chi connectivity index (χ1n) is 3.10. The molecule has 1 aromatic carbocycles. The Morgan fingerprint density at radius 2 is 1.46 bits per heavy atom. The second kappa shape index (κ2) is 5.70. The van der Waals surface area contributed by atoms with Crippen LogP contribution >= 0.6 is 33.9 Å². The number of rotatable bonds is 0. The van der Waals surface area contributed by atoms with Crippen molar-refractivity contribution in [2.75, 3.05) is 6.26 Å². The fourth-order valence-corrected chi connectivity index (χ4v) is 0.896. The van der Waals surface area contributed by atoms with Crippen LogP contribution in [0.1, 0.15) is 0 Å². The number of hydrogen-bond acceptors (Lipinski definition) is 2. The zero-order chi connectivity index (χ0) is 10.5. The first-order chi connectivity index (χ1) is 5.79. The molecule has 0 aliphatic carbocycles. The van der Waals surface area contributed by atoms with Crippen LogP contribution < -0.4 is 0 Å². The molecular formula is C7H7Cl3O2S. The number of hydrogen-bond donors (Lipinski definition) is 0. The Balaban J connectivity index is 0.000000252. The summed E-state index contributed by atoms with van der Waals surface area (Å²) in [5, 5.41) is 1.36. The fraction of sp³-hybridized carbons (Fsp3) is 0.143. The molecule has 1 aromatic rings. The average molecular weight is 262 g/mol. The molecule has 0 saturated carbocycles. The highest BCUT2D eigenvalue weighted by atomic mass is 35.7. The average Bonchev–Trinajstić information content (AvgIpc) is 1.81. The minimum atomic E-state index is -3.19. The van der Waals surface area contributed by atoms with Crippen molar-refractivity contribution in [1.82, 2.24) is 0 Å². The highest BCUT2D eigenvalue weighted by molar-refractivity contribution is 8.13. The highest BCUT2D eigenvalue weighted by Crippen LogP contribution is 2.13. The molecule has 0 spiro atoms. The van der Waals surface area contributed by atoms with Crippen molar-refractivity contribution in [3.8, 4) is 0 Å². The van der Waals surface area contributed by atoms with Crippen LogP contribution in [0.25, 0.3) is 0 Å². The summed E-state index contributed by atoms with van der Waals surface area (Å²) >= 11 is 11.1. The Hall–Kier alpha value is 0.0400. The van der Waals surface area contributed by atoms with Gasteiger partial charge < -0.3 is 0 Å². The van der Waals surface area contributed by atoms with E-state index >= 15 is 0 Å². The van der Waals surface area contributed by atoms with E-state index in [0.717, 1.165) is 6.26 Å². The summed E-state index contributed by atoms with van der Waals surface area (Å²) in [7, 11) is 1.31. The highest BCUT2D eigenvalue weighted by Gasteiger charge is 1.85. The molecule has 2 nitrogen and oxygen atoms in total. The van der Waals surface area contributed by atoms with E-state index in [9.17, 15) is 8.42 Å². The zero-order valence-electron chi connectivity index (χ0n) is 6.67. The third kappa shape index (κ3) is 12.0. The van der Waals surface area contributed by atoms with Gasteiger partial charge in [-0.05, 0) is 18.2 Å². The van der Waals surface area contributed by atoms with Crippen molar-refractivity contribution >= 4 is 42.9 Å². The van der Waals surface area contributed by atoms with Gasteiger partial charge in [-0.1, -0.05) is 29.3 Å². The molecule has 6 heteroatoms. The summed E-state index contributed by atoms with van der Waals surface area (Å²) in [5.74, 6) is 0. The second-order valence-electron chi connectivity index (χ2n) is 2.12. The lowest BCUT2D eigenvalue weighted by Gasteiger charge is -1.86. The smallest absolute Gasteiger partial charge is 0.213 e. The minimum absolute atomic E-state index is 0.678. The van der Waals surface area contributed by atoms with E-state index in [1.807, 2.05) is 6.07 Å². The Labute approximate surface area is 91.8 Å². The van der Waals surface area contributed by atoms with Gasteiger partial charge in [-0.2, -0.15) is 0 Å². The molecule has 0 atom stereocenters. The van der Waals surface area contributed by atoms with Crippen molar-refractivity contribution in [2.45, 2.75) is 0 Å². The largest absolute Gasteiger partial charge is 0.229 e. The minimum Gasteiger partial charge on any atom is -0.213 e. The van der Waals surface area contributed by atoms with Crippen molar-refractivity contribution < 1.29 is 8.42 Å². The monoisotopic (exact) mass is 260 g/mol. The van der Waals surface area contributed by atoms with Crippen LogP contribution in [-0.2, 0) is 9.05 Å². The molecule has 0 aromatic heterocycles. The predicted molar refractivity (Wildman–Crippen MR) is 57.2 cm³/mol. The quantitative estimate of drug-likeness (QED) is 0.672. The van der Waals surface area contributed by atoms with E-state index in [2.05, 4.69) is 10.7 Å². The van der Waals surface area contributed by atoms with Crippen molar-refractivity contribution in [3.05, 3.63) is 34.3 Å². The summed E-state index contributed by atoms with van der Waals surface area (Å²) in [6.07, 6.45) is 0.925. The third-order valence-corrected chi connectivity index (χ3v) is 1.26. The predicted octanol–water partition coefficient (Wildman–Crippen LogP) is 3.18. The van der Waals surface area contributed by atoms with Crippen LogP contribution in [0.15, 0.2) is 24.3 Å². The number of halogens is 3. The first kappa shape index (κ1) is 13.0. The van der Waals surface area contributed by atoms with Gasteiger partial charge >= 0.3 is 0 Å². The summed E-state index contributed by atoms with van der Waals surface area (Å²) in [4.78, 5) is 0. The molecule has 0 saturated heterocycles. The Morgan fingerprint density at radius 3 is 1.62 bits per heavy atom. The maximum Gasteiger partial charge on any atom is 0.229 e. The van der Waals surface area contributed by atoms with E-state index in [1.165, 1.54) is 0 Å². The molecule has 13 heavy (non-hydrogen) atoms. The molecule has 0 bridgehead atoms. The molecule has 0 aliphatic heterocycles. The second-order valence-corrected chi connectivity index (χ2v) is 6.04. The van der Waals surface area contributed by atoms with Gasteiger partial charge in [-0.15, -0.1) is 0 Å². The number of benzene rings is 1.